The summed E-state index contributed by atoms with van der Waals surface area (Å²) in [5, 5.41) is 0. The van der Waals surface area contributed by atoms with Gasteiger partial charge in [-0.25, -0.2) is 0 Å². The van der Waals surface area contributed by atoms with Crippen LogP contribution in [0.25, 0.3) is 0 Å². The van der Waals surface area contributed by atoms with Gasteiger partial charge < -0.3 is 4.90 Å². The highest BCUT2D eigenvalue weighted by molar-refractivity contribution is 5.92. The number of carbonyl (C=O) groups is 2. The van der Waals surface area contributed by atoms with Crippen molar-refractivity contribution >= 4 is 11.6 Å². The Bertz CT molecular complexity index is 727. The van der Waals surface area contributed by atoms with Gasteiger partial charge in [-0.15, -0.1) is 0 Å². The number of rotatable bonds is 0. The van der Waals surface area contributed by atoms with Crippen molar-refractivity contribution in [2.45, 2.75) is 51.5 Å². The summed E-state index contributed by atoms with van der Waals surface area (Å²) < 4.78 is 0. The maximum Gasteiger partial charge on any atom is 0.137 e. The van der Waals surface area contributed by atoms with E-state index in [-0.39, 0.29) is 22.2 Å². The normalized spacial score (nSPS) is 60.8. The number of ketones is 2. The fraction of sp³-hybridized carbons (Fsp3) is 0.810. The average Bonchev–Trinajstić information content (AvgIpc) is 2.55. The van der Waals surface area contributed by atoms with Gasteiger partial charge in [0.2, 0.25) is 0 Å². The lowest BCUT2D eigenvalue weighted by Gasteiger charge is -2.65. The Kier molecular flexibility index (Phi) is 2.22. The van der Waals surface area contributed by atoms with Gasteiger partial charge >= 0.3 is 0 Å². The van der Waals surface area contributed by atoms with E-state index in [1.165, 1.54) is 18.4 Å². The smallest absolute Gasteiger partial charge is 0.137 e. The minimum absolute atomic E-state index is 0.0491. The molecule has 6 bridgehead atoms. The Morgan fingerprint density at radius 1 is 1.12 bits per heavy atom. The van der Waals surface area contributed by atoms with Crippen molar-refractivity contribution in [1.82, 2.24) is 4.90 Å². The molecule has 0 radical (unpaired) electrons. The van der Waals surface area contributed by atoms with Crippen LogP contribution in [0.5, 0.6) is 0 Å². The predicted octanol–water partition coefficient (Wildman–Crippen LogP) is 2.85. The lowest BCUT2D eigenvalue weighted by Crippen LogP contribution is -2.69. The molecule has 6 saturated carbocycles. The Hall–Kier alpha value is -0.960. The van der Waals surface area contributed by atoms with Crippen LogP contribution in [-0.4, -0.2) is 36.1 Å². The van der Waals surface area contributed by atoms with Crippen LogP contribution in [0.3, 0.4) is 0 Å². The topological polar surface area (TPSA) is 37.4 Å². The van der Waals surface area contributed by atoms with Gasteiger partial charge in [-0.2, -0.15) is 0 Å². The Labute approximate surface area is 143 Å². The van der Waals surface area contributed by atoms with Crippen LogP contribution < -0.4 is 0 Å². The first-order chi connectivity index (χ1) is 11.3. The molecule has 7 fully saturated rings. The number of Topliss-reactive ketones (excluding diaryl/α,β-unsaturated/α-hetero) is 2. The van der Waals surface area contributed by atoms with Gasteiger partial charge in [0.25, 0.3) is 0 Å². The maximum atomic E-state index is 13.5. The minimum atomic E-state index is -0.132. The monoisotopic (exact) mass is 325 g/mol. The first-order valence-corrected chi connectivity index (χ1v) is 9.74. The van der Waals surface area contributed by atoms with E-state index in [4.69, 9.17) is 0 Å². The van der Waals surface area contributed by atoms with Gasteiger partial charge in [0.15, 0.2) is 0 Å². The number of allylic oxidation sites excluding steroid dienone is 1. The molecule has 0 unspecified atom stereocenters. The van der Waals surface area contributed by atoms with E-state index in [9.17, 15) is 9.59 Å². The summed E-state index contributed by atoms with van der Waals surface area (Å²) in [4.78, 5) is 28.9. The molecule has 7 rings (SSSR count). The molecule has 128 valence electrons. The Morgan fingerprint density at radius 2 is 1.92 bits per heavy atom. The van der Waals surface area contributed by atoms with Crippen LogP contribution >= 0.6 is 0 Å². The largest absolute Gasteiger partial charge is 0.302 e. The minimum Gasteiger partial charge on any atom is -0.302 e. The summed E-state index contributed by atoms with van der Waals surface area (Å²) in [6.45, 7) is 7.54. The second-order valence-corrected chi connectivity index (χ2v) is 10.5. The number of nitrogens with zero attached hydrogens (tertiary/aromatic N) is 1. The number of hydrogen-bond donors (Lipinski definition) is 0. The number of hydrogen-bond acceptors (Lipinski definition) is 3. The van der Waals surface area contributed by atoms with Crippen molar-refractivity contribution in [2.75, 3.05) is 13.6 Å². The molecule has 7 aliphatic rings. The molecule has 0 amide bonds. The maximum absolute atomic E-state index is 13.5. The van der Waals surface area contributed by atoms with Crippen molar-refractivity contribution in [2.24, 2.45) is 39.9 Å². The van der Waals surface area contributed by atoms with E-state index < -0.39 is 0 Å². The predicted molar refractivity (Wildman–Crippen MR) is 90.2 cm³/mol. The van der Waals surface area contributed by atoms with E-state index >= 15 is 0 Å². The zero-order valence-corrected chi connectivity index (χ0v) is 14.8. The molecule has 0 N–H and O–H groups in total. The van der Waals surface area contributed by atoms with Gasteiger partial charge in [-0.05, 0) is 54.9 Å². The highest BCUT2D eigenvalue weighted by Crippen LogP contribution is 2.81. The van der Waals surface area contributed by atoms with Crippen LogP contribution in [0.4, 0.5) is 0 Å². The third-order valence-corrected chi connectivity index (χ3v) is 9.45. The van der Waals surface area contributed by atoms with Gasteiger partial charge in [0.1, 0.15) is 11.6 Å². The van der Waals surface area contributed by atoms with Crippen LogP contribution in [-0.2, 0) is 9.59 Å². The van der Waals surface area contributed by atoms with Crippen LogP contribution in [0.15, 0.2) is 12.2 Å². The van der Waals surface area contributed by atoms with Crippen molar-refractivity contribution in [3.63, 3.8) is 0 Å². The van der Waals surface area contributed by atoms with Gasteiger partial charge in [-0.1, -0.05) is 19.1 Å². The van der Waals surface area contributed by atoms with Crippen LogP contribution in [0.2, 0.25) is 0 Å². The summed E-state index contributed by atoms with van der Waals surface area (Å²) >= 11 is 0. The molecule has 2 spiro atoms. The van der Waals surface area contributed by atoms with Gasteiger partial charge in [0.05, 0.1) is 0 Å². The molecule has 0 aromatic carbocycles. The van der Waals surface area contributed by atoms with Crippen LogP contribution in [0.1, 0.15) is 45.4 Å². The van der Waals surface area contributed by atoms with Crippen molar-refractivity contribution in [1.29, 1.82) is 0 Å². The number of carbonyl (C=O) groups excluding carboxylic acids is 2. The third kappa shape index (κ3) is 1.20. The van der Waals surface area contributed by atoms with E-state index in [1.54, 1.807) is 0 Å². The zero-order chi connectivity index (χ0) is 16.6. The first-order valence-electron chi connectivity index (χ1n) is 9.74. The third-order valence-electron chi connectivity index (χ3n) is 9.45. The van der Waals surface area contributed by atoms with Gasteiger partial charge in [-0.3, -0.25) is 9.59 Å². The van der Waals surface area contributed by atoms with E-state index in [1.807, 2.05) is 0 Å². The number of piperidine rings is 1. The number of likely N-dealkylation sites (tertiary alicyclic amines) is 1. The Morgan fingerprint density at radius 3 is 2.71 bits per heavy atom. The average molecular weight is 325 g/mol. The highest BCUT2D eigenvalue weighted by atomic mass is 16.1. The van der Waals surface area contributed by atoms with E-state index in [2.05, 4.69) is 25.5 Å². The molecule has 3 nitrogen and oxygen atoms in total. The summed E-state index contributed by atoms with van der Waals surface area (Å²) in [5.41, 5.74) is 1.36. The quantitative estimate of drug-likeness (QED) is 0.643. The summed E-state index contributed by atoms with van der Waals surface area (Å²) in [6.07, 6.45) is 5.54. The molecule has 24 heavy (non-hydrogen) atoms. The van der Waals surface area contributed by atoms with E-state index in [0.717, 1.165) is 19.4 Å². The molecule has 0 aromatic rings. The SMILES string of the molecule is C=C1C[C@]23CC(=O)[C@@H]4[C@@]5(C)CC(=O)C[C@@]46[C@@H]2C[C@H]1C[C@@H]3[C@H]6N(C)C5. The first kappa shape index (κ1) is 14.2. The lowest BCUT2D eigenvalue weighted by atomic mass is 9.39. The summed E-state index contributed by atoms with van der Waals surface area (Å²) in [5.74, 6) is 2.90. The molecule has 1 saturated heterocycles. The van der Waals surface area contributed by atoms with Crippen molar-refractivity contribution in [3.05, 3.63) is 12.2 Å². The molecular weight excluding hydrogens is 298 g/mol. The van der Waals surface area contributed by atoms with Crippen LogP contribution in [0, 0.1) is 39.9 Å². The molecule has 6 aliphatic carbocycles. The molecule has 3 heteroatoms. The van der Waals surface area contributed by atoms with Gasteiger partial charge in [0, 0.05) is 43.2 Å². The van der Waals surface area contributed by atoms with Crippen molar-refractivity contribution in [3.8, 4) is 0 Å². The Balaban J connectivity index is 1.66. The molecule has 1 aliphatic heterocycles. The zero-order valence-electron chi connectivity index (χ0n) is 14.8. The molecule has 1 heterocycles. The standard InChI is InChI=1S/C21H27NO2/c1-11-6-20-9-15(24)17-19(2)7-13(23)8-21(17)16(20)5-12(11)4-14(20)18(21)22(3)10-19/h12,14,16-18H,1,4-10H2,2-3H3/t12-,14-,16-,17-,18-,19+,20-,21-/m1/s1. The summed E-state index contributed by atoms with van der Waals surface area (Å²) in [7, 11) is 2.27. The fourth-order valence-corrected chi connectivity index (χ4v) is 9.62. The van der Waals surface area contributed by atoms with E-state index in [0.29, 0.717) is 48.2 Å². The summed E-state index contributed by atoms with van der Waals surface area (Å²) in [6, 6.07) is 0.453. The lowest BCUT2D eigenvalue weighted by molar-refractivity contribution is -0.186. The second kappa shape index (κ2) is 3.75. The fourth-order valence-electron chi connectivity index (χ4n) is 9.62. The second-order valence-electron chi connectivity index (χ2n) is 10.5. The number of fused-ring (bicyclic) bond motifs is 1. The van der Waals surface area contributed by atoms with Crippen molar-refractivity contribution < 1.29 is 9.59 Å². The molecule has 0 aromatic heterocycles. The molecule has 8 atom stereocenters. The highest BCUT2D eigenvalue weighted by Gasteiger charge is 2.81. The molecular formula is C21H27NO2.